The number of epoxide rings is 6. The molecule has 7 aliphatic rings. The van der Waals surface area contributed by atoms with E-state index in [1.807, 2.05) is 0 Å². The number of hydrogen-bond acceptors (Lipinski definition) is 18. The predicted molar refractivity (Wildman–Crippen MR) is 250 cm³/mol. The lowest BCUT2D eigenvalue weighted by atomic mass is 10.5. The number of hydrogen-bond donors (Lipinski definition) is 0. The highest BCUT2D eigenvalue weighted by Gasteiger charge is 2.55. The van der Waals surface area contributed by atoms with E-state index in [9.17, 15) is 0 Å². The Bertz CT molecular complexity index is 1290. The van der Waals surface area contributed by atoms with E-state index in [0.29, 0.717) is 85.3 Å². The molecule has 377 valence electrons. The maximum atomic E-state index is 7.70. The van der Waals surface area contributed by atoms with E-state index in [1.165, 1.54) is 0 Å². The first-order valence-corrected chi connectivity index (χ1v) is 38.7. The average Bonchev–Trinajstić information content (AvgIpc) is 4.02. The fourth-order valence-electron chi connectivity index (χ4n) is 8.12. The maximum absolute atomic E-state index is 7.70. The van der Waals surface area contributed by atoms with E-state index in [-0.39, 0.29) is 36.6 Å². The summed E-state index contributed by atoms with van der Waals surface area (Å²) in [6, 6.07) is 4.31. The minimum atomic E-state index is -3.10. The molecular weight excluding hydrogens is 949 g/mol. The molecule has 7 rings (SSSR count). The van der Waals surface area contributed by atoms with E-state index in [2.05, 4.69) is 32.7 Å². The second kappa shape index (κ2) is 26.3. The lowest BCUT2D eigenvalue weighted by molar-refractivity contribution is 0.111. The monoisotopic (exact) mass is 1030 g/mol. The summed E-state index contributed by atoms with van der Waals surface area (Å²) in [5.74, 6) is 0. The van der Waals surface area contributed by atoms with E-state index in [0.717, 1.165) is 108 Å². The minimum absolute atomic E-state index is 0.203. The second-order valence-electron chi connectivity index (χ2n) is 19.5. The Morgan fingerprint density at radius 3 is 0.800 bits per heavy atom. The molecule has 0 amide bonds. The Balaban J connectivity index is 1.15. The second-order valence-corrected chi connectivity index (χ2v) is 39.4. The van der Waals surface area contributed by atoms with Crippen molar-refractivity contribution >= 4 is 52.1 Å². The summed E-state index contributed by atoms with van der Waals surface area (Å²) < 4.78 is 115. The molecule has 0 aromatic rings. The van der Waals surface area contributed by atoms with Gasteiger partial charge in [0.1, 0.15) is 36.6 Å². The van der Waals surface area contributed by atoms with Gasteiger partial charge in [-0.2, -0.15) is 0 Å². The van der Waals surface area contributed by atoms with Gasteiger partial charge in [-0.3, -0.25) is 0 Å². The van der Waals surface area contributed by atoms with Gasteiger partial charge in [-0.1, -0.05) is 0 Å². The molecule has 0 spiro atoms. The molecule has 65 heavy (non-hydrogen) atoms. The van der Waals surface area contributed by atoms with Gasteiger partial charge in [0.05, 0.1) is 79.3 Å². The topological polar surface area (TPSA) is 186 Å². The van der Waals surface area contributed by atoms with Gasteiger partial charge in [-0.15, -0.1) is 0 Å². The van der Waals surface area contributed by atoms with Crippen LogP contribution in [0.1, 0.15) is 38.5 Å². The number of rotatable bonds is 36. The van der Waals surface area contributed by atoms with Crippen molar-refractivity contribution in [1.29, 1.82) is 0 Å². The highest BCUT2D eigenvalue weighted by Crippen LogP contribution is 2.38. The van der Waals surface area contributed by atoms with E-state index in [4.69, 9.17) is 81.5 Å². The summed E-state index contributed by atoms with van der Waals surface area (Å²) in [6.45, 7) is 22.8. The largest absolute Gasteiger partial charge is 0.416 e. The molecule has 7 fully saturated rings. The van der Waals surface area contributed by atoms with Crippen molar-refractivity contribution in [2.45, 2.75) is 144 Å². The van der Waals surface area contributed by atoms with Crippen LogP contribution < -0.4 is 0 Å². The molecule has 0 bridgehead atoms. The Morgan fingerprint density at radius 2 is 0.554 bits per heavy atom. The van der Waals surface area contributed by atoms with Crippen LogP contribution in [0, 0.1) is 0 Å². The molecule has 0 aromatic carbocycles. The lowest BCUT2D eigenvalue weighted by Gasteiger charge is -2.48. The van der Waals surface area contributed by atoms with Crippen molar-refractivity contribution in [3.05, 3.63) is 0 Å². The van der Waals surface area contributed by atoms with Crippen molar-refractivity contribution in [2.75, 3.05) is 119 Å². The molecule has 7 saturated heterocycles. The lowest BCUT2D eigenvalue weighted by Crippen LogP contribution is -2.65. The molecule has 0 saturated carbocycles. The van der Waals surface area contributed by atoms with Crippen LogP contribution >= 0.6 is 0 Å². The van der Waals surface area contributed by atoms with Crippen LogP contribution in [-0.2, 0) is 81.5 Å². The predicted octanol–water partition coefficient (Wildman–Crippen LogP) is 4.78. The van der Waals surface area contributed by atoms with Crippen LogP contribution in [0.25, 0.3) is 0 Å². The van der Waals surface area contributed by atoms with Crippen molar-refractivity contribution < 1.29 is 81.5 Å². The smallest absolute Gasteiger partial charge is 0.365 e. The van der Waals surface area contributed by atoms with Gasteiger partial charge in [0.2, 0.25) is 0 Å². The summed E-state index contributed by atoms with van der Waals surface area (Å²) in [5, 5.41) is 0. The Labute approximate surface area is 395 Å². The summed E-state index contributed by atoms with van der Waals surface area (Å²) in [4.78, 5) is 0. The molecule has 7 aliphatic heterocycles. The molecule has 0 aliphatic carbocycles. The van der Waals surface area contributed by atoms with Crippen molar-refractivity contribution in [2.24, 2.45) is 0 Å². The SMILES string of the molecule is C[Si]1(CCCOCC2CO2)O[Si](CCCOCC2CO2)O[Si](C)(CCCOCC2CO2)O[Si](C)(CCCOCC2CO2)O[Si](C)(CCCOCC2CO2)O[Si](C)(CCCOCC2CO2)O1. The highest BCUT2D eigenvalue weighted by atomic mass is 28.5. The summed E-state index contributed by atoms with van der Waals surface area (Å²) in [7, 11) is -17.4. The standard InChI is InChI=1S/C41H81O18Si6/c1-61(19-7-13-43-25-37-31-49-37)54-60(18-6-12-42-24-36-30-48-36)55-62(2,20-8-14-44-26-38-32-50-38)57-64(4,22-10-16-46-28-40-34-52-40)59-65(5,23-11-17-47-29-41-35-53-41)58-63(3,56-61)21-9-15-45-27-39-33-51-39/h36-41H,6-35H2,1-5H3. The summed E-state index contributed by atoms with van der Waals surface area (Å²) >= 11 is 0. The van der Waals surface area contributed by atoms with Crippen LogP contribution in [0.5, 0.6) is 0 Å². The fraction of sp³-hybridized carbons (Fsp3) is 1.00. The molecule has 0 aromatic heterocycles. The molecule has 1 radical (unpaired) electrons. The van der Waals surface area contributed by atoms with Gasteiger partial charge in [0.15, 0.2) is 0 Å². The third-order valence-corrected chi connectivity index (χ3v) is 38.1. The first-order chi connectivity index (χ1) is 31.4. The maximum Gasteiger partial charge on any atom is 0.365 e. The molecule has 10 unspecified atom stereocenters. The van der Waals surface area contributed by atoms with Gasteiger partial charge in [0.25, 0.3) is 0 Å². The Hall–Kier alpha value is 0.581. The van der Waals surface area contributed by atoms with Crippen molar-refractivity contribution in [3.8, 4) is 0 Å². The molecule has 10 atom stereocenters. The van der Waals surface area contributed by atoms with Crippen molar-refractivity contribution in [3.63, 3.8) is 0 Å². The Morgan fingerprint density at radius 1 is 0.338 bits per heavy atom. The van der Waals surface area contributed by atoms with Gasteiger partial charge in [-0.05, 0) is 108 Å². The van der Waals surface area contributed by atoms with Crippen LogP contribution in [-0.4, -0.2) is 208 Å². The first-order valence-electron chi connectivity index (χ1n) is 24.6. The van der Waals surface area contributed by atoms with Crippen LogP contribution in [0.4, 0.5) is 0 Å². The number of ether oxygens (including phenoxy) is 12. The van der Waals surface area contributed by atoms with Gasteiger partial charge >= 0.3 is 52.1 Å². The Kier molecular flexibility index (Phi) is 21.6. The van der Waals surface area contributed by atoms with E-state index in [1.54, 1.807) is 0 Å². The average molecular weight is 1030 g/mol. The van der Waals surface area contributed by atoms with Crippen molar-refractivity contribution in [1.82, 2.24) is 0 Å². The van der Waals surface area contributed by atoms with Crippen LogP contribution in [0.2, 0.25) is 69.0 Å². The van der Waals surface area contributed by atoms with Gasteiger partial charge < -0.3 is 81.5 Å². The zero-order chi connectivity index (χ0) is 45.5. The summed E-state index contributed by atoms with van der Waals surface area (Å²) in [6.07, 6.45) is 5.91. The quantitative estimate of drug-likeness (QED) is 0.0474. The minimum Gasteiger partial charge on any atom is -0.416 e. The summed E-state index contributed by atoms with van der Waals surface area (Å²) in [5.41, 5.74) is 0. The molecular formula is C41H81O18Si6. The highest BCUT2D eigenvalue weighted by molar-refractivity contribution is 6.92. The zero-order valence-electron chi connectivity index (χ0n) is 40.0. The first kappa shape index (κ1) is 53.4. The zero-order valence-corrected chi connectivity index (χ0v) is 46.0. The molecule has 24 heteroatoms. The fourth-order valence-corrected chi connectivity index (χ4v) is 39.1. The van der Waals surface area contributed by atoms with Crippen LogP contribution in [0.3, 0.4) is 0 Å². The molecule has 18 nitrogen and oxygen atoms in total. The molecule has 7 heterocycles. The van der Waals surface area contributed by atoms with Gasteiger partial charge in [-0.25, -0.2) is 0 Å². The van der Waals surface area contributed by atoms with Gasteiger partial charge in [0, 0.05) is 39.6 Å². The third-order valence-electron chi connectivity index (χ3n) is 11.9. The van der Waals surface area contributed by atoms with Crippen LogP contribution in [0.15, 0.2) is 0 Å². The normalized spacial score (nSPS) is 38.0. The third kappa shape index (κ3) is 22.7. The molecule has 0 N–H and O–H groups in total. The van der Waals surface area contributed by atoms with E-state index < -0.39 is 52.1 Å². The van der Waals surface area contributed by atoms with E-state index >= 15 is 0 Å².